The van der Waals surface area contributed by atoms with Crippen LogP contribution >= 0.6 is 11.8 Å². The number of allylic oxidation sites excluding steroid dienone is 3. The third kappa shape index (κ3) is 1.40. The molecule has 15 heavy (non-hydrogen) atoms. The Hall–Kier alpha value is -1.15. The first-order valence-electron chi connectivity index (χ1n) is 5.26. The van der Waals surface area contributed by atoms with Crippen LogP contribution in [0, 0.1) is 0 Å². The summed E-state index contributed by atoms with van der Waals surface area (Å²) in [5.41, 5.74) is 2.71. The van der Waals surface area contributed by atoms with E-state index in [0.29, 0.717) is 0 Å². The highest BCUT2D eigenvalue weighted by molar-refractivity contribution is 8.03. The van der Waals surface area contributed by atoms with Crippen molar-refractivity contribution in [1.29, 1.82) is 0 Å². The molecule has 3 rings (SSSR count). The Labute approximate surface area is 94.5 Å². The third-order valence-corrected chi connectivity index (χ3v) is 4.15. The number of likely N-dealkylation sites (N-methyl/N-ethyl adjacent to an activating group) is 1. The number of hydrogen-bond donors (Lipinski definition) is 0. The lowest BCUT2D eigenvalue weighted by atomic mass is 10.1. The lowest BCUT2D eigenvalue weighted by molar-refractivity contribution is 0.953. The van der Waals surface area contributed by atoms with E-state index in [1.807, 2.05) is 11.8 Å². The molecule has 0 radical (unpaired) electrons. The molecular formula is C13H13NS. The Morgan fingerprint density at radius 2 is 2.13 bits per heavy atom. The summed E-state index contributed by atoms with van der Waals surface area (Å²) in [6, 6.07) is 8.62. The average molecular weight is 215 g/mol. The van der Waals surface area contributed by atoms with Crippen LogP contribution in [0.15, 0.2) is 51.9 Å². The zero-order valence-corrected chi connectivity index (χ0v) is 9.55. The molecule has 0 spiro atoms. The van der Waals surface area contributed by atoms with Crippen LogP contribution in [0.2, 0.25) is 0 Å². The van der Waals surface area contributed by atoms with Gasteiger partial charge in [0.1, 0.15) is 0 Å². The van der Waals surface area contributed by atoms with Crippen molar-refractivity contribution in [3.8, 4) is 0 Å². The molecule has 1 aliphatic carbocycles. The van der Waals surface area contributed by atoms with Gasteiger partial charge in [0.05, 0.1) is 11.4 Å². The third-order valence-electron chi connectivity index (χ3n) is 2.92. The summed E-state index contributed by atoms with van der Waals surface area (Å²) < 4.78 is 0. The van der Waals surface area contributed by atoms with Crippen LogP contribution in [-0.2, 0) is 0 Å². The highest BCUT2D eigenvalue weighted by Crippen LogP contribution is 2.45. The minimum atomic E-state index is 1.18. The van der Waals surface area contributed by atoms with Crippen LogP contribution in [0.3, 0.4) is 0 Å². The quantitative estimate of drug-likeness (QED) is 0.647. The van der Waals surface area contributed by atoms with E-state index in [4.69, 9.17) is 0 Å². The van der Waals surface area contributed by atoms with Crippen molar-refractivity contribution in [2.75, 3.05) is 11.9 Å². The zero-order valence-electron chi connectivity index (χ0n) is 8.73. The van der Waals surface area contributed by atoms with Crippen molar-refractivity contribution in [1.82, 2.24) is 0 Å². The van der Waals surface area contributed by atoms with E-state index in [-0.39, 0.29) is 0 Å². The summed E-state index contributed by atoms with van der Waals surface area (Å²) in [5, 5.41) is 0. The van der Waals surface area contributed by atoms with Gasteiger partial charge in [0, 0.05) is 16.8 Å². The fraction of sp³-hybridized carbons (Fsp3) is 0.231. The second-order valence-electron chi connectivity index (χ2n) is 3.88. The number of fused-ring (bicyclic) bond motifs is 1. The molecule has 1 aliphatic heterocycles. The van der Waals surface area contributed by atoms with E-state index in [0.717, 1.165) is 0 Å². The molecule has 1 aromatic carbocycles. The van der Waals surface area contributed by atoms with Gasteiger partial charge in [-0.1, -0.05) is 30.0 Å². The molecule has 1 aromatic rings. The molecule has 0 N–H and O–H groups in total. The maximum Gasteiger partial charge on any atom is 0.0550 e. The molecule has 2 aliphatic rings. The van der Waals surface area contributed by atoms with E-state index in [1.165, 1.54) is 34.0 Å². The average Bonchev–Trinajstić information content (AvgIpc) is 2.30. The first-order chi connectivity index (χ1) is 7.36. The lowest BCUT2D eigenvalue weighted by Gasteiger charge is -2.32. The number of rotatable bonds is 0. The molecule has 1 nitrogen and oxygen atoms in total. The molecule has 0 amide bonds. The molecule has 0 saturated heterocycles. The molecule has 0 unspecified atom stereocenters. The van der Waals surface area contributed by atoms with Gasteiger partial charge >= 0.3 is 0 Å². The predicted molar refractivity (Wildman–Crippen MR) is 66.1 cm³/mol. The fourth-order valence-corrected chi connectivity index (χ4v) is 3.37. The fourth-order valence-electron chi connectivity index (χ4n) is 2.12. The van der Waals surface area contributed by atoms with Gasteiger partial charge in [0.2, 0.25) is 0 Å². The largest absolute Gasteiger partial charge is 0.343 e. The number of para-hydroxylation sites is 1. The van der Waals surface area contributed by atoms with Crippen molar-refractivity contribution < 1.29 is 0 Å². The summed E-state index contributed by atoms with van der Waals surface area (Å²) in [7, 11) is 2.16. The maximum atomic E-state index is 2.30. The van der Waals surface area contributed by atoms with Crippen molar-refractivity contribution in [2.24, 2.45) is 0 Å². The second kappa shape index (κ2) is 3.46. The molecule has 0 bridgehead atoms. The molecule has 0 aromatic heterocycles. The summed E-state index contributed by atoms with van der Waals surface area (Å²) in [4.78, 5) is 5.20. The molecule has 0 fully saturated rings. The SMILES string of the molecule is CN1C2=C(CCC=C2)Sc2ccccc21. The van der Waals surface area contributed by atoms with E-state index in [2.05, 4.69) is 48.4 Å². The number of hydrogen-bond acceptors (Lipinski definition) is 2. The highest BCUT2D eigenvalue weighted by Gasteiger charge is 2.22. The van der Waals surface area contributed by atoms with E-state index in [9.17, 15) is 0 Å². The Morgan fingerprint density at radius 3 is 3.07 bits per heavy atom. The van der Waals surface area contributed by atoms with Crippen LogP contribution in [0.4, 0.5) is 5.69 Å². The van der Waals surface area contributed by atoms with Gasteiger partial charge in [-0.25, -0.2) is 0 Å². The van der Waals surface area contributed by atoms with Crippen molar-refractivity contribution in [2.45, 2.75) is 17.7 Å². The maximum absolute atomic E-state index is 2.30. The second-order valence-corrected chi connectivity index (χ2v) is 5.02. The van der Waals surface area contributed by atoms with Crippen LogP contribution in [-0.4, -0.2) is 7.05 Å². The molecular weight excluding hydrogens is 202 g/mol. The summed E-state index contributed by atoms with van der Waals surface area (Å²) in [6.07, 6.45) is 6.89. The Morgan fingerprint density at radius 1 is 1.27 bits per heavy atom. The van der Waals surface area contributed by atoms with Crippen molar-refractivity contribution in [3.63, 3.8) is 0 Å². The summed E-state index contributed by atoms with van der Waals surface area (Å²) in [5.74, 6) is 0. The lowest BCUT2D eigenvalue weighted by Crippen LogP contribution is -2.21. The van der Waals surface area contributed by atoms with Crippen molar-refractivity contribution in [3.05, 3.63) is 47.0 Å². The van der Waals surface area contributed by atoms with E-state index < -0.39 is 0 Å². The minimum Gasteiger partial charge on any atom is -0.343 e. The van der Waals surface area contributed by atoms with Crippen molar-refractivity contribution >= 4 is 17.4 Å². The summed E-state index contributed by atoms with van der Waals surface area (Å²) >= 11 is 1.93. The Balaban J connectivity index is 2.11. The van der Waals surface area contributed by atoms with E-state index in [1.54, 1.807) is 0 Å². The monoisotopic (exact) mass is 215 g/mol. The standard InChI is InChI=1S/C13H13NS/c1-14-10-6-2-4-8-12(10)15-13-9-5-3-7-11(13)14/h2-4,6-8H,5,9H2,1H3. The summed E-state index contributed by atoms with van der Waals surface area (Å²) in [6.45, 7) is 0. The van der Waals surface area contributed by atoms with Gasteiger partial charge in [-0.2, -0.15) is 0 Å². The highest BCUT2D eigenvalue weighted by atomic mass is 32.2. The topological polar surface area (TPSA) is 3.24 Å². The van der Waals surface area contributed by atoms with Gasteiger partial charge in [0.15, 0.2) is 0 Å². The molecule has 76 valence electrons. The van der Waals surface area contributed by atoms with Gasteiger partial charge in [-0.3, -0.25) is 0 Å². The van der Waals surface area contributed by atoms with Gasteiger partial charge in [0.25, 0.3) is 0 Å². The number of anilines is 1. The number of benzene rings is 1. The van der Waals surface area contributed by atoms with Gasteiger partial charge in [-0.05, 0) is 31.1 Å². The van der Waals surface area contributed by atoms with Crippen LogP contribution < -0.4 is 4.90 Å². The minimum absolute atomic E-state index is 1.18. The first-order valence-corrected chi connectivity index (χ1v) is 6.08. The van der Waals surface area contributed by atoms with Crippen LogP contribution in [0.25, 0.3) is 0 Å². The Kier molecular flexibility index (Phi) is 2.10. The predicted octanol–water partition coefficient (Wildman–Crippen LogP) is 3.79. The van der Waals surface area contributed by atoms with Gasteiger partial charge in [-0.15, -0.1) is 0 Å². The Bertz CT molecular complexity index is 459. The normalized spacial score (nSPS) is 18.9. The van der Waals surface area contributed by atoms with Crippen LogP contribution in [0.1, 0.15) is 12.8 Å². The van der Waals surface area contributed by atoms with E-state index >= 15 is 0 Å². The number of nitrogens with zero attached hydrogens (tertiary/aromatic N) is 1. The molecule has 0 atom stereocenters. The van der Waals surface area contributed by atoms with Crippen LogP contribution in [0.5, 0.6) is 0 Å². The zero-order chi connectivity index (χ0) is 10.3. The molecule has 1 heterocycles. The molecule has 0 saturated carbocycles. The number of thioether (sulfide) groups is 1. The molecule has 2 heteroatoms. The van der Waals surface area contributed by atoms with Gasteiger partial charge < -0.3 is 4.90 Å². The first kappa shape index (κ1) is 9.10. The smallest absolute Gasteiger partial charge is 0.0550 e.